The summed E-state index contributed by atoms with van der Waals surface area (Å²) in [7, 11) is 0. The zero-order valence-corrected chi connectivity index (χ0v) is 10.9. The fourth-order valence-corrected chi connectivity index (χ4v) is 2.25. The van der Waals surface area contributed by atoms with Crippen molar-refractivity contribution in [2.45, 2.75) is 40.0 Å². The van der Waals surface area contributed by atoms with Crippen LogP contribution >= 0.6 is 0 Å². The van der Waals surface area contributed by atoms with Crippen LogP contribution in [0.4, 0.5) is 0 Å². The minimum atomic E-state index is -0.951. The lowest BCUT2D eigenvalue weighted by Gasteiger charge is -2.13. The Morgan fingerprint density at radius 1 is 1.44 bits per heavy atom. The van der Waals surface area contributed by atoms with Crippen molar-refractivity contribution in [3.63, 3.8) is 0 Å². The number of carboxylic acids is 1. The van der Waals surface area contributed by atoms with E-state index in [0.717, 1.165) is 11.3 Å². The number of hydrogen-bond donors (Lipinski definition) is 1. The second-order valence-corrected chi connectivity index (χ2v) is 4.61. The largest absolute Gasteiger partial charge is 0.478 e. The number of fused-ring (bicyclic) bond motifs is 1. The first-order valence-corrected chi connectivity index (χ1v) is 5.99. The normalized spacial score (nSPS) is 11.4. The summed E-state index contributed by atoms with van der Waals surface area (Å²) in [6.07, 6.45) is 0.628. The van der Waals surface area contributed by atoms with Crippen molar-refractivity contribution in [2.24, 2.45) is 0 Å². The highest BCUT2D eigenvalue weighted by Gasteiger charge is 2.24. The third kappa shape index (κ3) is 1.75. The molecule has 0 amide bonds. The van der Waals surface area contributed by atoms with E-state index in [1.54, 1.807) is 6.92 Å². The molecule has 2 rings (SSSR count). The molecule has 0 fully saturated rings. The molecule has 0 aromatic carbocycles. The molecule has 2 heterocycles. The molecule has 0 radical (unpaired) electrons. The lowest BCUT2D eigenvalue weighted by atomic mass is 9.94. The molecule has 5 heteroatoms. The first-order chi connectivity index (χ1) is 8.47. The topological polar surface area (TPSA) is 76.2 Å². The molecule has 0 spiro atoms. The third-order valence-corrected chi connectivity index (χ3v) is 3.04. The highest BCUT2D eigenvalue weighted by Crippen LogP contribution is 2.30. The highest BCUT2D eigenvalue weighted by atomic mass is 16.5. The molecule has 0 atom stereocenters. The molecule has 5 nitrogen and oxygen atoms in total. The van der Waals surface area contributed by atoms with E-state index in [0.29, 0.717) is 23.2 Å². The molecule has 2 aromatic rings. The van der Waals surface area contributed by atoms with Crippen LogP contribution in [-0.4, -0.2) is 21.2 Å². The monoisotopic (exact) mass is 248 g/mol. The summed E-state index contributed by atoms with van der Waals surface area (Å²) in [5.74, 6) is -0.805. The lowest BCUT2D eigenvalue weighted by molar-refractivity contribution is 0.0697. The van der Waals surface area contributed by atoms with Crippen LogP contribution in [0.25, 0.3) is 11.1 Å². The SMILES string of the molecule is CCc1c(C(C)C)nc2onc(C)c2c1C(=O)O. The van der Waals surface area contributed by atoms with Gasteiger partial charge in [-0.2, -0.15) is 0 Å². The maximum Gasteiger partial charge on any atom is 0.336 e. The van der Waals surface area contributed by atoms with Gasteiger partial charge in [-0.05, 0) is 24.8 Å². The zero-order chi connectivity index (χ0) is 13.4. The third-order valence-electron chi connectivity index (χ3n) is 3.04. The summed E-state index contributed by atoms with van der Waals surface area (Å²) in [5.41, 5.74) is 2.71. The molecular formula is C13H16N2O3. The molecule has 1 N–H and O–H groups in total. The number of aromatic carboxylic acids is 1. The summed E-state index contributed by atoms with van der Waals surface area (Å²) in [4.78, 5) is 15.9. The van der Waals surface area contributed by atoms with Gasteiger partial charge >= 0.3 is 5.97 Å². The number of hydrogen-bond acceptors (Lipinski definition) is 4. The number of carbonyl (C=O) groups is 1. The van der Waals surface area contributed by atoms with Gasteiger partial charge in [-0.25, -0.2) is 9.78 Å². The molecule has 96 valence electrons. The second-order valence-electron chi connectivity index (χ2n) is 4.61. The van der Waals surface area contributed by atoms with Gasteiger partial charge in [0.15, 0.2) is 0 Å². The maximum atomic E-state index is 11.5. The van der Waals surface area contributed by atoms with Gasteiger partial charge in [-0.15, -0.1) is 0 Å². The van der Waals surface area contributed by atoms with Crippen molar-refractivity contribution in [1.29, 1.82) is 0 Å². The van der Waals surface area contributed by atoms with Crippen molar-refractivity contribution in [2.75, 3.05) is 0 Å². The Morgan fingerprint density at radius 3 is 2.61 bits per heavy atom. The van der Waals surface area contributed by atoms with Gasteiger partial charge in [0.25, 0.3) is 5.71 Å². The van der Waals surface area contributed by atoms with Crippen LogP contribution in [-0.2, 0) is 6.42 Å². The van der Waals surface area contributed by atoms with Gasteiger partial charge in [0, 0.05) is 0 Å². The van der Waals surface area contributed by atoms with Gasteiger partial charge < -0.3 is 9.63 Å². The molecule has 0 aliphatic heterocycles. The van der Waals surface area contributed by atoms with Crippen molar-refractivity contribution in [3.8, 4) is 0 Å². The Balaban J connectivity index is 2.94. The van der Waals surface area contributed by atoms with E-state index in [1.807, 2.05) is 20.8 Å². The summed E-state index contributed by atoms with van der Waals surface area (Å²) in [5, 5.41) is 13.8. The minimum Gasteiger partial charge on any atom is -0.478 e. The van der Waals surface area contributed by atoms with Crippen LogP contribution in [0.1, 0.15) is 54.0 Å². The van der Waals surface area contributed by atoms with Crippen molar-refractivity contribution < 1.29 is 14.4 Å². The highest BCUT2D eigenvalue weighted by molar-refractivity contribution is 6.03. The number of carboxylic acid groups (broad SMARTS) is 1. The molecule has 0 saturated carbocycles. The van der Waals surface area contributed by atoms with E-state index in [-0.39, 0.29) is 11.5 Å². The van der Waals surface area contributed by atoms with Crippen LogP contribution in [0.2, 0.25) is 0 Å². The quantitative estimate of drug-likeness (QED) is 0.903. The molecule has 0 aliphatic carbocycles. The Kier molecular flexibility index (Phi) is 3.07. The fourth-order valence-electron chi connectivity index (χ4n) is 2.25. The molecular weight excluding hydrogens is 232 g/mol. The van der Waals surface area contributed by atoms with Crippen molar-refractivity contribution in [3.05, 3.63) is 22.5 Å². The molecule has 0 bridgehead atoms. The van der Waals surface area contributed by atoms with Crippen LogP contribution in [0.15, 0.2) is 4.52 Å². The predicted molar refractivity (Wildman–Crippen MR) is 67.0 cm³/mol. The minimum absolute atomic E-state index is 0.146. The predicted octanol–water partition coefficient (Wildman–Crippen LogP) is 2.92. The van der Waals surface area contributed by atoms with Crippen LogP contribution in [0, 0.1) is 6.92 Å². The Hall–Kier alpha value is -1.91. The van der Waals surface area contributed by atoms with E-state index < -0.39 is 5.97 Å². The summed E-state index contributed by atoms with van der Waals surface area (Å²) < 4.78 is 5.11. The smallest absolute Gasteiger partial charge is 0.336 e. The summed E-state index contributed by atoms with van der Waals surface area (Å²) in [6, 6.07) is 0. The Morgan fingerprint density at radius 2 is 2.11 bits per heavy atom. The molecule has 0 aliphatic rings. The average Bonchev–Trinajstić information content (AvgIpc) is 2.68. The molecule has 0 saturated heterocycles. The Labute approximate surface area is 105 Å². The van der Waals surface area contributed by atoms with E-state index in [4.69, 9.17) is 4.52 Å². The van der Waals surface area contributed by atoms with E-state index >= 15 is 0 Å². The lowest BCUT2D eigenvalue weighted by Crippen LogP contribution is -2.09. The van der Waals surface area contributed by atoms with Gasteiger partial charge in [-0.1, -0.05) is 25.9 Å². The van der Waals surface area contributed by atoms with Gasteiger partial charge in [0.05, 0.1) is 22.3 Å². The number of aryl methyl sites for hydroxylation is 1. The molecule has 2 aromatic heterocycles. The standard InChI is InChI=1S/C13H16N2O3/c1-5-8-10(13(16)17)9-7(4)15-18-12(9)14-11(8)6(2)3/h6H,5H2,1-4H3,(H,16,17). The average molecular weight is 248 g/mol. The first kappa shape index (κ1) is 12.5. The Bertz CT molecular complexity index is 614. The van der Waals surface area contributed by atoms with E-state index in [9.17, 15) is 9.90 Å². The van der Waals surface area contributed by atoms with E-state index in [2.05, 4.69) is 10.1 Å². The van der Waals surface area contributed by atoms with Crippen LogP contribution < -0.4 is 0 Å². The number of aromatic nitrogens is 2. The summed E-state index contributed by atoms with van der Waals surface area (Å²) in [6.45, 7) is 7.64. The number of rotatable bonds is 3. The first-order valence-electron chi connectivity index (χ1n) is 5.99. The molecule has 18 heavy (non-hydrogen) atoms. The van der Waals surface area contributed by atoms with Crippen LogP contribution in [0.5, 0.6) is 0 Å². The van der Waals surface area contributed by atoms with Crippen molar-refractivity contribution in [1.82, 2.24) is 10.1 Å². The zero-order valence-electron chi connectivity index (χ0n) is 10.9. The number of pyridine rings is 1. The maximum absolute atomic E-state index is 11.5. The van der Waals surface area contributed by atoms with E-state index in [1.165, 1.54) is 0 Å². The molecule has 0 unspecified atom stereocenters. The van der Waals surface area contributed by atoms with Gasteiger partial charge in [-0.3, -0.25) is 0 Å². The van der Waals surface area contributed by atoms with Gasteiger partial charge in [0.2, 0.25) is 0 Å². The fraction of sp³-hybridized carbons (Fsp3) is 0.462. The van der Waals surface area contributed by atoms with Crippen LogP contribution in [0.3, 0.4) is 0 Å². The number of nitrogens with zero attached hydrogens (tertiary/aromatic N) is 2. The van der Waals surface area contributed by atoms with Gasteiger partial charge in [0.1, 0.15) is 0 Å². The second kappa shape index (κ2) is 4.40. The summed E-state index contributed by atoms with van der Waals surface area (Å²) >= 11 is 0. The van der Waals surface area contributed by atoms with Crippen molar-refractivity contribution >= 4 is 17.1 Å².